The van der Waals surface area contributed by atoms with Crippen LogP contribution in [0.15, 0.2) is 73.1 Å². The third-order valence-corrected chi connectivity index (χ3v) is 5.93. The number of amides is 1. The smallest absolute Gasteiger partial charge is 0.255 e. The van der Waals surface area contributed by atoms with E-state index in [9.17, 15) is 9.18 Å². The van der Waals surface area contributed by atoms with Gasteiger partial charge in [-0.1, -0.05) is 59.1 Å². The molecule has 1 heterocycles. The SMILES string of the molecule is O=C(Nc1cnn(Cc2c(F)cccc2Cl)c1)c1cccc(COc2cccc(Cl)c2Cl)c1. The highest BCUT2D eigenvalue weighted by atomic mass is 35.5. The van der Waals surface area contributed by atoms with Crippen molar-refractivity contribution in [3.63, 3.8) is 0 Å². The van der Waals surface area contributed by atoms with E-state index in [0.29, 0.717) is 37.6 Å². The van der Waals surface area contributed by atoms with Crippen molar-refractivity contribution >= 4 is 46.4 Å². The molecule has 0 atom stereocenters. The second-order valence-corrected chi connectivity index (χ2v) is 8.31. The van der Waals surface area contributed by atoms with Crippen molar-refractivity contribution in [1.82, 2.24) is 9.78 Å². The summed E-state index contributed by atoms with van der Waals surface area (Å²) in [5.41, 5.74) is 2.02. The highest BCUT2D eigenvalue weighted by Crippen LogP contribution is 2.32. The summed E-state index contributed by atoms with van der Waals surface area (Å²) in [5, 5.41) is 8.00. The molecule has 0 unspecified atom stereocenters. The Kier molecular flexibility index (Phi) is 7.18. The number of hydrogen-bond donors (Lipinski definition) is 1. The summed E-state index contributed by atoms with van der Waals surface area (Å²) in [6, 6.07) is 16.6. The average molecular weight is 505 g/mol. The number of nitrogens with one attached hydrogen (secondary N) is 1. The van der Waals surface area contributed by atoms with Crippen LogP contribution in [0, 0.1) is 5.82 Å². The number of hydrogen-bond acceptors (Lipinski definition) is 3. The Morgan fingerprint density at radius 2 is 1.79 bits per heavy atom. The number of halogens is 4. The van der Waals surface area contributed by atoms with E-state index < -0.39 is 5.82 Å². The lowest BCUT2D eigenvalue weighted by molar-refractivity contribution is 0.102. The molecular formula is C24H17Cl3FN3O2. The van der Waals surface area contributed by atoms with Gasteiger partial charge in [0.15, 0.2) is 0 Å². The summed E-state index contributed by atoms with van der Waals surface area (Å²) in [6.07, 6.45) is 3.09. The van der Waals surface area contributed by atoms with E-state index in [2.05, 4.69) is 10.4 Å². The third-order valence-electron chi connectivity index (χ3n) is 4.77. The number of benzene rings is 3. The van der Waals surface area contributed by atoms with Crippen LogP contribution in [0.2, 0.25) is 15.1 Å². The van der Waals surface area contributed by atoms with E-state index in [1.165, 1.54) is 16.9 Å². The zero-order valence-corrected chi connectivity index (χ0v) is 19.3. The molecule has 0 saturated carbocycles. The monoisotopic (exact) mass is 503 g/mol. The summed E-state index contributed by atoms with van der Waals surface area (Å²) in [6.45, 7) is 0.350. The number of carbonyl (C=O) groups is 1. The predicted molar refractivity (Wildman–Crippen MR) is 128 cm³/mol. The lowest BCUT2D eigenvalue weighted by atomic mass is 10.1. The van der Waals surface area contributed by atoms with E-state index in [1.807, 2.05) is 6.07 Å². The van der Waals surface area contributed by atoms with Gasteiger partial charge in [0.25, 0.3) is 5.91 Å². The van der Waals surface area contributed by atoms with Gasteiger partial charge >= 0.3 is 0 Å². The molecule has 1 amide bonds. The number of ether oxygens (including phenoxy) is 1. The maximum Gasteiger partial charge on any atom is 0.255 e. The molecule has 1 N–H and O–H groups in total. The van der Waals surface area contributed by atoms with Crippen molar-refractivity contribution in [2.24, 2.45) is 0 Å². The molecule has 0 saturated heterocycles. The van der Waals surface area contributed by atoms with E-state index in [0.717, 1.165) is 5.56 Å². The molecule has 3 aromatic carbocycles. The van der Waals surface area contributed by atoms with Crippen molar-refractivity contribution in [3.05, 3.63) is 111 Å². The van der Waals surface area contributed by atoms with E-state index in [-0.39, 0.29) is 19.1 Å². The number of carbonyl (C=O) groups excluding carboxylic acids is 1. The van der Waals surface area contributed by atoms with E-state index in [4.69, 9.17) is 39.5 Å². The van der Waals surface area contributed by atoms with Gasteiger partial charge in [0.05, 0.1) is 23.5 Å². The summed E-state index contributed by atoms with van der Waals surface area (Å²) in [5.74, 6) is -0.274. The van der Waals surface area contributed by atoms with Crippen LogP contribution in [0.25, 0.3) is 0 Å². The van der Waals surface area contributed by atoms with Crippen molar-refractivity contribution in [2.75, 3.05) is 5.32 Å². The second-order valence-electron chi connectivity index (χ2n) is 7.12. The fourth-order valence-electron chi connectivity index (χ4n) is 3.12. The molecule has 1 aromatic heterocycles. The Morgan fingerprint density at radius 3 is 2.61 bits per heavy atom. The molecule has 33 heavy (non-hydrogen) atoms. The van der Waals surface area contributed by atoms with Gasteiger partial charge in [-0.05, 0) is 42.0 Å². The molecule has 0 spiro atoms. The maximum absolute atomic E-state index is 14.0. The quantitative estimate of drug-likeness (QED) is 0.299. The highest BCUT2D eigenvalue weighted by molar-refractivity contribution is 6.42. The van der Waals surface area contributed by atoms with Gasteiger partial charge in [-0.2, -0.15) is 5.10 Å². The fourth-order valence-corrected chi connectivity index (χ4v) is 3.69. The molecule has 0 aliphatic heterocycles. The molecule has 0 aliphatic rings. The topological polar surface area (TPSA) is 56.2 Å². The van der Waals surface area contributed by atoms with Crippen molar-refractivity contribution in [2.45, 2.75) is 13.2 Å². The standard InChI is InChI=1S/C24H17Cl3FN3O2/c25-19-6-2-8-21(28)18(19)13-31-12-17(11-29-31)30-24(32)16-5-1-4-15(10-16)14-33-22-9-3-7-20(26)23(22)27/h1-12H,13-14H2,(H,30,32). The second kappa shape index (κ2) is 10.3. The molecule has 0 fully saturated rings. The fraction of sp³-hybridized carbons (Fsp3) is 0.0833. The van der Waals surface area contributed by atoms with Gasteiger partial charge < -0.3 is 10.1 Å². The Balaban J connectivity index is 1.40. The summed E-state index contributed by atoms with van der Waals surface area (Å²) < 4.78 is 21.2. The van der Waals surface area contributed by atoms with Crippen LogP contribution in [-0.2, 0) is 13.2 Å². The normalized spacial score (nSPS) is 10.8. The first-order valence-corrected chi connectivity index (χ1v) is 11.0. The highest BCUT2D eigenvalue weighted by Gasteiger charge is 2.12. The first kappa shape index (κ1) is 23.1. The number of rotatable bonds is 7. The van der Waals surface area contributed by atoms with Crippen molar-refractivity contribution < 1.29 is 13.9 Å². The minimum atomic E-state index is -0.415. The van der Waals surface area contributed by atoms with Crippen LogP contribution >= 0.6 is 34.8 Å². The summed E-state index contributed by atoms with van der Waals surface area (Å²) in [7, 11) is 0. The van der Waals surface area contributed by atoms with Gasteiger partial charge in [-0.15, -0.1) is 0 Å². The number of anilines is 1. The maximum atomic E-state index is 14.0. The van der Waals surface area contributed by atoms with Crippen LogP contribution in [0.4, 0.5) is 10.1 Å². The average Bonchev–Trinajstić information content (AvgIpc) is 3.24. The van der Waals surface area contributed by atoms with Gasteiger partial charge in [0.1, 0.15) is 23.2 Å². The summed E-state index contributed by atoms with van der Waals surface area (Å²) >= 11 is 18.2. The van der Waals surface area contributed by atoms with Gasteiger partial charge in [-0.25, -0.2) is 4.39 Å². The zero-order valence-electron chi connectivity index (χ0n) is 17.1. The molecule has 4 aromatic rings. The number of nitrogens with zero attached hydrogens (tertiary/aromatic N) is 2. The Labute approximate surface area is 204 Å². The molecule has 9 heteroatoms. The zero-order chi connectivity index (χ0) is 23.4. The summed E-state index contributed by atoms with van der Waals surface area (Å²) in [4.78, 5) is 12.7. The molecule has 5 nitrogen and oxygen atoms in total. The van der Waals surface area contributed by atoms with Crippen LogP contribution in [0.3, 0.4) is 0 Å². The van der Waals surface area contributed by atoms with Crippen LogP contribution < -0.4 is 10.1 Å². The van der Waals surface area contributed by atoms with E-state index in [1.54, 1.807) is 54.7 Å². The third kappa shape index (κ3) is 5.66. The lowest BCUT2D eigenvalue weighted by Gasteiger charge is -2.10. The largest absolute Gasteiger partial charge is 0.487 e. The molecular weight excluding hydrogens is 488 g/mol. The minimum Gasteiger partial charge on any atom is -0.487 e. The number of aromatic nitrogens is 2. The van der Waals surface area contributed by atoms with Crippen LogP contribution in [0.1, 0.15) is 21.5 Å². The Hall–Kier alpha value is -3.06. The molecule has 0 bridgehead atoms. The minimum absolute atomic E-state index is 0.139. The van der Waals surface area contributed by atoms with E-state index >= 15 is 0 Å². The van der Waals surface area contributed by atoms with Gasteiger partial charge in [0, 0.05) is 22.3 Å². The first-order valence-electron chi connectivity index (χ1n) is 9.83. The lowest BCUT2D eigenvalue weighted by Crippen LogP contribution is -2.12. The van der Waals surface area contributed by atoms with Gasteiger partial charge in [-0.3, -0.25) is 9.48 Å². The molecule has 168 valence electrons. The predicted octanol–water partition coefficient (Wildman–Crippen LogP) is 6.86. The Morgan fingerprint density at radius 1 is 1.03 bits per heavy atom. The molecule has 0 aliphatic carbocycles. The first-order chi connectivity index (χ1) is 15.9. The van der Waals surface area contributed by atoms with Crippen LogP contribution in [-0.4, -0.2) is 15.7 Å². The van der Waals surface area contributed by atoms with Crippen molar-refractivity contribution in [3.8, 4) is 5.75 Å². The molecule has 0 radical (unpaired) electrons. The van der Waals surface area contributed by atoms with Gasteiger partial charge in [0.2, 0.25) is 0 Å². The Bertz CT molecular complexity index is 1290. The van der Waals surface area contributed by atoms with Crippen molar-refractivity contribution in [1.29, 1.82) is 0 Å². The van der Waals surface area contributed by atoms with Crippen LogP contribution in [0.5, 0.6) is 5.75 Å². The molecule has 4 rings (SSSR count).